The van der Waals surface area contributed by atoms with Crippen LogP contribution in [0.25, 0.3) is 0 Å². The average molecular weight is 380 g/mol. The van der Waals surface area contributed by atoms with Crippen LogP contribution in [0.15, 0.2) is 24.3 Å². The summed E-state index contributed by atoms with van der Waals surface area (Å²) in [6, 6.07) is 7.62. The maximum absolute atomic E-state index is 12.8. The number of hydrogen-bond donors (Lipinski definition) is 2. The number of carbonyl (C=O) groups excluding carboxylic acids is 2. The standard InChI is InChI=1S/C20H29N3O2.ClH/c1-15-4-7-17(8-5-15)23-14-2-3-18(20(23)25)22-19(24)9-6-16-10-12-21-13-11-16;/h4-5,7-8,16,18,21H,2-3,6,9-14H2,1H3,(H,22,24);1H. The number of nitrogens with one attached hydrogen (secondary N) is 2. The number of hydrogen-bond acceptors (Lipinski definition) is 3. The molecule has 1 aromatic rings. The highest BCUT2D eigenvalue weighted by atomic mass is 35.5. The number of rotatable bonds is 5. The Hall–Kier alpha value is -1.59. The molecule has 0 aromatic heterocycles. The summed E-state index contributed by atoms with van der Waals surface area (Å²) in [5.74, 6) is 0.672. The summed E-state index contributed by atoms with van der Waals surface area (Å²) < 4.78 is 0. The molecular formula is C20H30ClN3O2. The van der Waals surface area contributed by atoms with Gasteiger partial charge in [-0.05, 0) is 70.2 Å². The largest absolute Gasteiger partial charge is 0.344 e. The molecular weight excluding hydrogens is 350 g/mol. The van der Waals surface area contributed by atoms with Gasteiger partial charge in [0.15, 0.2) is 0 Å². The molecule has 26 heavy (non-hydrogen) atoms. The Bertz CT molecular complexity index is 600. The minimum absolute atomic E-state index is 0. The van der Waals surface area contributed by atoms with Crippen LogP contribution >= 0.6 is 12.4 Å². The zero-order chi connectivity index (χ0) is 17.6. The van der Waals surface area contributed by atoms with Crippen LogP contribution in [-0.2, 0) is 9.59 Å². The van der Waals surface area contributed by atoms with Gasteiger partial charge in [-0.2, -0.15) is 0 Å². The summed E-state index contributed by atoms with van der Waals surface area (Å²) in [5, 5.41) is 6.32. The van der Waals surface area contributed by atoms with Gasteiger partial charge in [0.1, 0.15) is 6.04 Å². The quantitative estimate of drug-likeness (QED) is 0.826. The number of carbonyl (C=O) groups is 2. The second kappa shape index (κ2) is 9.93. The van der Waals surface area contributed by atoms with Crippen molar-refractivity contribution in [2.24, 2.45) is 5.92 Å². The van der Waals surface area contributed by atoms with E-state index in [1.807, 2.05) is 31.2 Å². The fourth-order valence-corrected chi connectivity index (χ4v) is 3.76. The van der Waals surface area contributed by atoms with E-state index < -0.39 is 0 Å². The van der Waals surface area contributed by atoms with Crippen LogP contribution < -0.4 is 15.5 Å². The van der Waals surface area contributed by atoms with Crippen LogP contribution in [0.4, 0.5) is 5.69 Å². The summed E-state index contributed by atoms with van der Waals surface area (Å²) >= 11 is 0. The lowest BCUT2D eigenvalue weighted by molar-refractivity contribution is -0.128. The van der Waals surface area contributed by atoms with Gasteiger partial charge in [-0.3, -0.25) is 9.59 Å². The summed E-state index contributed by atoms with van der Waals surface area (Å²) in [7, 11) is 0. The number of benzene rings is 1. The van der Waals surface area contributed by atoms with Gasteiger partial charge in [0, 0.05) is 18.7 Å². The smallest absolute Gasteiger partial charge is 0.249 e. The third-order valence-electron chi connectivity index (χ3n) is 5.36. The van der Waals surface area contributed by atoms with Crippen LogP contribution in [-0.4, -0.2) is 37.5 Å². The first-order chi connectivity index (χ1) is 12.1. The maximum atomic E-state index is 12.8. The van der Waals surface area contributed by atoms with Crippen LogP contribution in [0.5, 0.6) is 0 Å². The third kappa shape index (κ3) is 5.45. The molecule has 2 amide bonds. The SMILES string of the molecule is Cc1ccc(N2CCCC(NC(=O)CCC3CCNCC3)C2=O)cc1.Cl. The average Bonchev–Trinajstić information content (AvgIpc) is 2.63. The van der Waals surface area contributed by atoms with Gasteiger partial charge in [-0.15, -0.1) is 12.4 Å². The van der Waals surface area contributed by atoms with E-state index in [1.54, 1.807) is 4.90 Å². The van der Waals surface area contributed by atoms with E-state index in [0.717, 1.165) is 57.4 Å². The lowest BCUT2D eigenvalue weighted by Crippen LogP contribution is -2.52. The highest BCUT2D eigenvalue weighted by molar-refractivity contribution is 5.99. The second-order valence-electron chi connectivity index (χ2n) is 7.32. The highest BCUT2D eigenvalue weighted by Gasteiger charge is 2.30. The lowest BCUT2D eigenvalue weighted by atomic mass is 9.93. The van der Waals surface area contributed by atoms with Crippen molar-refractivity contribution in [2.75, 3.05) is 24.5 Å². The molecule has 2 fully saturated rings. The van der Waals surface area contributed by atoms with E-state index in [4.69, 9.17) is 0 Å². The fraction of sp³-hybridized carbons (Fsp3) is 0.600. The fourth-order valence-electron chi connectivity index (χ4n) is 3.76. The third-order valence-corrected chi connectivity index (χ3v) is 5.36. The highest BCUT2D eigenvalue weighted by Crippen LogP contribution is 2.22. The molecule has 0 bridgehead atoms. The van der Waals surface area contributed by atoms with Crippen molar-refractivity contribution in [3.05, 3.63) is 29.8 Å². The molecule has 0 aliphatic carbocycles. The van der Waals surface area contributed by atoms with E-state index in [0.29, 0.717) is 12.3 Å². The Morgan fingerprint density at radius 2 is 1.88 bits per heavy atom. The predicted octanol–water partition coefficient (Wildman–Crippen LogP) is 2.81. The van der Waals surface area contributed by atoms with Crippen LogP contribution in [0.2, 0.25) is 0 Å². The minimum Gasteiger partial charge on any atom is -0.344 e. The van der Waals surface area contributed by atoms with Gasteiger partial charge in [0.05, 0.1) is 0 Å². The number of amides is 2. The van der Waals surface area contributed by atoms with Crippen molar-refractivity contribution < 1.29 is 9.59 Å². The van der Waals surface area contributed by atoms with Crippen molar-refractivity contribution in [2.45, 2.75) is 51.5 Å². The summed E-state index contributed by atoms with van der Waals surface area (Å²) in [6.07, 6.45) is 5.40. The van der Waals surface area contributed by atoms with E-state index in [-0.39, 0.29) is 30.3 Å². The molecule has 2 aliphatic rings. The number of anilines is 1. The van der Waals surface area contributed by atoms with Crippen molar-refractivity contribution in [3.8, 4) is 0 Å². The second-order valence-corrected chi connectivity index (χ2v) is 7.32. The Morgan fingerprint density at radius 3 is 2.58 bits per heavy atom. The van der Waals surface area contributed by atoms with Gasteiger partial charge < -0.3 is 15.5 Å². The molecule has 1 unspecified atom stereocenters. The van der Waals surface area contributed by atoms with Crippen molar-refractivity contribution >= 4 is 29.9 Å². The first-order valence-electron chi connectivity index (χ1n) is 9.51. The summed E-state index contributed by atoms with van der Waals surface area (Å²) in [4.78, 5) is 26.9. The molecule has 6 heteroatoms. The van der Waals surface area contributed by atoms with Crippen LogP contribution in [0.3, 0.4) is 0 Å². The van der Waals surface area contributed by atoms with Crippen LogP contribution in [0, 0.1) is 12.8 Å². The molecule has 144 valence electrons. The minimum atomic E-state index is -0.379. The maximum Gasteiger partial charge on any atom is 0.249 e. The molecule has 2 heterocycles. The van der Waals surface area contributed by atoms with E-state index in [9.17, 15) is 9.59 Å². The van der Waals surface area contributed by atoms with Crippen molar-refractivity contribution in [3.63, 3.8) is 0 Å². The van der Waals surface area contributed by atoms with Crippen molar-refractivity contribution in [1.29, 1.82) is 0 Å². The number of aryl methyl sites for hydroxylation is 1. The molecule has 0 radical (unpaired) electrons. The molecule has 2 N–H and O–H groups in total. The van der Waals surface area contributed by atoms with E-state index in [1.165, 1.54) is 5.56 Å². The normalized spacial score (nSPS) is 21.2. The topological polar surface area (TPSA) is 61.4 Å². The van der Waals surface area contributed by atoms with E-state index in [2.05, 4.69) is 10.6 Å². The first-order valence-corrected chi connectivity index (χ1v) is 9.51. The number of halogens is 1. The van der Waals surface area contributed by atoms with Gasteiger partial charge in [-0.25, -0.2) is 0 Å². The van der Waals surface area contributed by atoms with Gasteiger partial charge in [-0.1, -0.05) is 17.7 Å². The number of nitrogens with zero attached hydrogens (tertiary/aromatic N) is 1. The monoisotopic (exact) mass is 379 g/mol. The van der Waals surface area contributed by atoms with Crippen molar-refractivity contribution in [1.82, 2.24) is 10.6 Å². The molecule has 1 atom stereocenters. The van der Waals surface area contributed by atoms with Gasteiger partial charge in [0.2, 0.25) is 11.8 Å². The first kappa shape index (κ1) is 20.7. The molecule has 2 saturated heterocycles. The Morgan fingerprint density at radius 1 is 1.19 bits per heavy atom. The predicted molar refractivity (Wildman–Crippen MR) is 107 cm³/mol. The summed E-state index contributed by atoms with van der Waals surface area (Å²) in [5.41, 5.74) is 2.10. The molecule has 0 saturated carbocycles. The molecule has 2 aliphatic heterocycles. The Kier molecular flexibility index (Phi) is 7.91. The zero-order valence-electron chi connectivity index (χ0n) is 15.5. The molecule has 0 spiro atoms. The Balaban J connectivity index is 0.00000243. The van der Waals surface area contributed by atoms with E-state index >= 15 is 0 Å². The van der Waals surface area contributed by atoms with Crippen LogP contribution in [0.1, 0.15) is 44.1 Å². The van der Waals surface area contributed by atoms with Gasteiger partial charge >= 0.3 is 0 Å². The summed E-state index contributed by atoms with van der Waals surface area (Å²) in [6.45, 7) is 4.87. The zero-order valence-corrected chi connectivity index (χ0v) is 16.3. The molecule has 1 aromatic carbocycles. The number of piperidine rings is 2. The van der Waals surface area contributed by atoms with Gasteiger partial charge in [0.25, 0.3) is 0 Å². The molecule has 5 nitrogen and oxygen atoms in total. The Labute approximate surface area is 162 Å². The lowest BCUT2D eigenvalue weighted by Gasteiger charge is -2.33. The molecule has 3 rings (SSSR count).